The number of allylic oxidation sites excluding steroid dienone is 3. The third-order valence-electron chi connectivity index (χ3n) is 19.5. The number of amides is 1. The predicted octanol–water partition coefficient (Wildman–Crippen LogP) is 27.2. The van der Waals surface area contributed by atoms with Gasteiger partial charge in [-0.25, -0.2) is 0 Å². The van der Waals surface area contributed by atoms with Gasteiger partial charge in [0, 0.05) is 12.8 Å². The van der Waals surface area contributed by atoms with Crippen molar-refractivity contribution in [3.63, 3.8) is 0 Å². The summed E-state index contributed by atoms with van der Waals surface area (Å²) in [6, 6.07) is -0.626. The number of ether oxygens (including phenoxy) is 1. The van der Waals surface area contributed by atoms with Crippen LogP contribution in [0.1, 0.15) is 470 Å². The Kier molecular flexibility index (Phi) is 77.3. The first-order valence-electron chi connectivity index (χ1n) is 41.1. The van der Waals surface area contributed by atoms with Crippen LogP contribution in [0.3, 0.4) is 0 Å². The lowest BCUT2D eigenvalue weighted by Crippen LogP contribution is -2.45. The monoisotopic (exact) mass is 1250 g/mol. The average Bonchev–Trinajstić information content (AvgIpc) is 3.58. The molecular formula is C83H161NO5. The molecule has 2 atom stereocenters. The molecule has 0 aliphatic carbocycles. The summed E-state index contributed by atoms with van der Waals surface area (Å²) in [6.07, 6.45) is 102. The number of esters is 1. The number of carbonyl (C=O) groups is 2. The molecule has 528 valence electrons. The van der Waals surface area contributed by atoms with Gasteiger partial charge in [0.15, 0.2) is 0 Å². The zero-order valence-electron chi connectivity index (χ0n) is 60.7. The molecule has 0 spiro atoms. The second-order valence-corrected chi connectivity index (χ2v) is 28.5. The molecule has 0 aliphatic heterocycles. The molecule has 89 heavy (non-hydrogen) atoms. The van der Waals surface area contributed by atoms with E-state index < -0.39 is 12.1 Å². The fourth-order valence-electron chi connectivity index (χ4n) is 13.2. The zero-order chi connectivity index (χ0) is 64.2. The lowest BCUT2D eigenvalue weighted by Gasteiger charge is -2.20. The van der Waals surface area contributed by atoms with Crippen molar-refractivity contribution in [3.05, 3.63) is 24.3 Å². The molecule has 0 heterocycles. The number of unbranched alkanes of at least 4 members (excludes halogenated alkanes) is 65. The minimum absolute atomic E-state index is 0.0217. The summed E-state index contributed by atoms with van der Waals surface area (Å²) in [5.74, 6) is -0.0370. The molecule has 2 unspecified atom stereocenters. The molecule has 3 N–H and O–H groups in total. The Hall–Kier alpha value is -1.66. The van der Waals surface area contributed by atoms with E-state index in [1.165, 1.54) is 405 Å². The van der Waals surface area contributed by atoms with E-state index in [0.29, 0.717) is 19.4 Å². The quantitative estimate of drug-likeness (QED) is 0.0320. The molecule has 0 aromatic carbocycles. The third kappa shape index (κ3) is 75.3. The maximum Gasteiger partial charge on any atom is 0.305 e. The van der Waals surface area contributed by atoms with Crippen LogP contribution in [0, 0.1) is 0 Å². The number of hydrogen-bond acceptors (Lipinski definition) is 5. The standard InChI is InChI=1S/C83H161NO5/c1-3-5-7-9-11-13-15-17-18-19-20-21-22-34-37-40-43-46-49-52-55-59-63-67-71-75-81(86)80(79-85)84-82(87)76-72-68-64-60-56-53-50-47-44-41-38-35-32-30-28-26-24-23-25-27-29-31-33-36-39-42-45-48-51-54-58-62-66-70-74-78-89-83(88)77-73-69-65-61-57-16-14-12-10-8-6-4-2/h25,27,71,75,80-81,85-86H,3-24,26,28-70,72-74,76-79H2,1-2H3,(H,84,87)/b27-25-,75-71+. The fraction of sp³-hybridized carbons (Fsp3) is 0.928. The van der Waals surface area contributed by atoms with Gasteiger partial charge in [0.1, 0.15) is 0 Å². The summed E-state index contributed by atoms with van der Waals surface area (Å²) in [4.78, 5) is 24.6. The molecule has 0 saturated carbocycles. The smallest absolute Gasteiger partial charge is 0.305 e. The van der Waals surface area contributed by atoms with Crippen molar-refractivity contribution in [1.29, 1.82) is 0 Å². The Labute approximate surface area is 558 Å². The molecule has 0 aromatic rings. The van der Waals surface area contributed by atoms with Crippen molar-refractivity contribution in [2.75, 3.05) is 13.2 Å². The van der Waals surface area contributed by atoms with E-state index in [9.17, 15) is 19.8 Å². The maximum absolute atomic E-state index is 12.6. The fourth-order valence-corrected chi connectivity index (χ4v) is 13.2. The van der Waals surface area contributed by atoms with Crippen molar-refractivity contribution in [2.45, 2.75) is 482 Å². The van der Waals surface area contributed by atoms with Gasteiger partial charge in [-0.3, -0.25) is 9.59 Å². The molecule has 1 amide bonds. The van der Waals surface area contributed by atoms with E-state index in [2.05, 4.69) is 31.3 Å². The molecule has 0 aliphatic rings. The van der Waals surface area contributed by atoms with Gasteiger partial charge in [-0.1, -0.05) is 423 Å². The zero-order valence-corrected chi connectivity index (χ0v) is 60.7. The van der Waals surface area contributed by atoms with Gasteiger partial charge in [-0.2, -0.15) is 0 Å². The van der Waals surface area contributed by atoms with Crippen molar-refractivity contribution >= 4 is 11.9 Å². The van der Waals surface area contributed by atoms with Crippen molar-refractivity contribution in [2.24, 2.45) is 0 Å². The lowest BCUT2D eigenvalue weighted by molar-refractivity contribution is -0.143. The molecule has 0 aromatic heterocycles. The molecular weight excluding hydrogens is 1090 g/mol. The second kappa shape index (κ2) is 78.8. The first kappa shape index (κ1) is 87.3. The molecule has 6 heteroatoms. The third-order valence-corrected chi connectivity index (χ3v) is 19.5. The summed E-state index contributed by atoms with van der Waals surface area (Å²) in [5.41, 5.74) is 0. The van der Waals surface area contributed by atoms with Gasteiger partial charge in [-0.05, 0) is 57.8 Å². The van der Waals surface area contributed by atoms with Crippen LogP contribution in [-0.4, -0.2) is 47.4 Å². The first-order valence-corrected chi connectivity index (χ1v) is 41.1. The van der Waals surface area contributed by atoms with E-state index >= 15 is 0 Å². The Morgan fingerprint density at radius 2 is 0.528 bits per heavy atom. The van der Waals surface area contributed by atoms with Crippen LogP contribution in [0.15, 0.2) is 24.3 Å². The van der Waals surface area contributed by atoms with Crippen LogP contribution in [0.5, 0.6) is 0 Å². The first-order chi connectivity index (χ1) is 44.0. The summed E-state index contributed by atoms with van der Waals surface area (Å²) >= 11 is 0. The highest BCUT2D eigenvalue weighted by Gasteiger charge is 2.18. The summed E-state index contributed by atoms with van der Waals surface area (Å²) in [7, 11) is 0. The summed E-state index contributed by atoms with van der Waals surface area (Å²) < 4.78 is 5.49. The number of nitrogens with one attached hydrogen (secondary N) is 1. The lowest BCUT2D eigenvalue weighted by atomic mass is 10.0. The molecule has 0 bridgehead atoms. The Morgan fingerprint density at radius 1 is 0.303 bits per heavy atom. The number of aliphatic hydroxyl groups is 2. The number of hydrogen-bond donors (Lipinski definition) is 3. The normalized spacial score (nSPS) is 12.5. The number of carbonyl (C=O) groups excluding carboxylic acids is 2. The Bertz CT molecular complexity index is 1400. The van der Waals surface area contributed by atoms with Crippen LogP contribution >= 0.6 is 0 Å². The van der Waals surface area contributed by atoms with Crippen molar-refractivity contribution in [1.82, 2.24) is 5.32 Å². The van der Waals surface area contributed by atoms with Gasteiger partial charge >= 0.3 is 5.97 Å². The van der Waals surface area contributed by atoms with E-state index in [-0.39, 0.29) is 18.5 Å². The highest BCUT2D eigenvalue weighted by atomic mass is 16.5. The summed E-state index contributed by atoms with van der Waals surface area (Å²) in [5, 5.41) is 23.3. The molecule has 6 nitrogen and oxygen atoms in total. The number of rotatable bonds is 78. The Morgan fingerprint density at radius 3 is 0.798 bits per heavy atom. The minimum Gasteiger partial charge on any atom is -0.466 e. The van der Waals surface area contributed by atoms with Crippen LogP contribution in [0.2, 0.25) is 0 Å². The van der Waals surface area contributed by atoms with Crippen LogP contribution < -0.4 is 5.32 Å². The van der Waals surface area contributed by atoms with E-state index in [0.717, 1.165) is 38.5 Å². The van der Waals surface area contributed by atoms with E-state index in [1.54, 1.807) is 6.08 Å². The van der Waals surface area contributed by atoms with Gasteiger partial charge < -0.3 is 20.3 Å². The van der Waals surface area contributed by atoms with Crippen LogP contribution in [0.25, 0.3) is 0 Å². The molecule has 0 saturated heterocycles. The Balaban J connectivity index is 3.37. The summed E-state index contributed by atoms with van der Waals surface area (Å²) in [6.45, 7) is 4.96. The van der Waals surface area contributed by atoms with Gasteiger partial charge in [0.2, 0.25) is 5.91 Å². The van der Waals surface area contributed by atoms with Gasteiger partial charge in [0.25, 0.3) is 0 Å². The van der Waals surface area contributed by atoms with E-state index in [1.807, 2.05) is 6.08 Å². The topological polar surface area (TPSA) is 95.9 Å². The number of aliphatic hydroxyl groups excluding tert-OH is 2. The minimum atomic E-state index is -0.843. The predicted molar refractivity (Wildman–Crippen MR) is 393 cm³/mol. The van der Waals surface area contributed by atoms with Gasteiger partial charge in [0.05, 0.1) is 25.4 Å². The SMILES string of the molecule is CCCCCCCCCCCCCCCCCCCCCCCCC/C=C/C(O)C(CO)NC(=O)CCCCCCCCCCCCCCCCCCC/C=C\CCCCCCCCCCCCCCCCOC(=O)CCCCCCCCCCCCCC. The highest BCUT2D eigenvalue weighted by molar-refractivity contribution is 5.76. The second-order valence-electron chi connectivity index (χ2n) is 28.5. The van der Waals surface area contributed by atoms with Crippen molar-refractivity contribution in [3.8, 4) is 0 Å². The van der Waals surface area contributed by atoms with Crippen molar-refractivity contribution < 1.29 is 24.5 Å². The maximum atomic E-state index is 12.6. The average molecular weight is 1250 g/mol. The molecule has 0 radical (unpaired) electrons. The molecule has 0 fully saturated rings. The largest absolute Gasteiger partial charge is 0.466 e. The van der Waals surface area contributed by atoms with Crippen LogP contribution in [-0.2, 0) is 14.3 Å². The van der Waals surface area contributed by atoms with E-state index in [4.69, 9.17) is 4.74 Å². The molecule has 0 rings (SSSR count). The highest BCUT2D eigenvalue weighted by Crippen LogP contribution is 2.20. The van der Waals surface area contributed by atoms with Gasteiger partial charge in [-0.15, -0.1) is 0 Å². The van der Waals surface area contributed by atoms with Crippen LogP contribution in [0.4, 0.5) is 0 Å².